The predicted molar refractivity (Wildman–Crippen MR) is 110 cm³/mol. The number of carbonyl (C=O) groups excluding carboxylic acids is 1. The van der Waals surface area contributed by atoms with E-state index in [0.717, 1.165) is 22.9 Å². The van der Waals surface area contributed by atoms with Gasteiger partial charge in [0, 0.05) is 5.56 Å². The lowest BCUT2D eigenvalue weighted by atomic mass is 10.1. The molecule has 1 unspecified atom stereocenters. The van der Waals surface area contributed by atoms with E-state index in [2.05, 4.69) is 5.10 Å². The van der Waals surface area contributed by atoms with E-state index < -0.39 is 41.7 Å². The van der Waals surface area contributed by atoms with Gasteiger partial charge in [-0.1, -0.05) is 35.3 Å². The number of aliphatic hydroxyl groups is 1. The van der Waals surface area contributed by atoms with Gasteiger partial charge in [-0.15, -0.1) is 0 Å². The van der Waals surface area contributed by atoms with Crippen molar-refractivity contribution in [2.45, 2.75) is 12.3 Å². The van der Waals surface area contributed by atoms with Crippen LogP contribution in [-0.4, -0.2) is 39.6 Å². The highest BCUT2D eigenvalue weighted by molar-refractivity contribution is 6.42. The summed E-state index contributed by atoms with van der Waals surface area (Å²) in [4.78, 5) is 25.4. The standard InChI is InChI=1S/C20H13Cl2F4N3O3/c21-14-5-4-10(6-15(14)22)16-8-13(18(31)27-9-17(30)20(24,25)26)19(32)29(28-16)12-3-1-2-11(23)7-12/h1-8,17,30H,9H2,(H,27,31). The molecule has 12 heteroatoms. The summed E-state index contributed by atoms with van der Waals surface area (Å²) in [5, 5.41) is 15.5. The van der Waals surface area contributed by atoms with Crippen LogP contribution in [0.1, 0.15) is 10.4 Å². The van der Waals surface area contributed by atoms with Crippen molar-refractivity contribution in [3.63, 3.8) is 0 Å². The van der Waals surface area contributed by atoms with Gasteiger partial charge in [0.25, 0.3) is 11.5 Å². The summed E-state index contributed by atoms with van der Waals surface area (Å²) in [6.07, 6.45) is -7.79. The molecule has 0 radical (unpaired) electrons. The highest BCUT2D eigenvalue weighted by Gasteiger charge is 2.38. The molecule has 0 saturated carbocycles. The molecular formula is C20H13Cl2F4N3O3. The fourth-order valence-electron chi connectivity index (χ4n) is 2.64. The number of nitrogens with one attached hydrogen (secondary N) is 1. The molecule has 0 fully saturated rings. The SMILES string of the molecule is O=C(NCC(O)C(F)(F)F)c1cc(-c2ccc(Cl)c(Cl)c2)nn(-c2cccc(F)c2)c1=O. The molecule has 1 atom stereocenters. The zero-order chi connectivity index (χ0) is 23.6. The number of hydrogen-bond donors (Lipinski definition) is 2. The molecule has 1 heterocycles. The van der Waals surface area contributed by atoms with Gasteiger partial charge in [-0.05, 0) is 36.4 Å². The molecule has 32 heavy (non-hydrogen) atoms. The fourth-order valence-corrected chi connectivity index (χ4v) is 2.94. The van der Waals surface area contributed by atoms with Crippen LogP contribution < -0.4 is 10.9 Å². The van der Waals surface area contributed by atoms with E-state index in [-0.39, 0.29) is 21.4 Å². The van der Waals surface area contributed by atoms with Crippen LogP contribution in [0.4, 0.5) is 17.6 Å². The monoisotopic (exact) mass is 489 g/mol. The lowest BCUT2D eigenvalue weighted by molar-refractivity contribution is -0.201. The molecule has 1 amide bonds. The first-order valence-corrected chi connectivity index (χ1v) is 9.61. The summed E-state index contributed by atoms with van der Waals surface area (Å²) in [6.45, 7) is -1.17. The topological polar surface area (TPSA) is 84.2 Å². The Bertz CT molecular complexity index is 1230. The third-order valence-corrected chi connectivity index (χ3v) is 5.00. The van der Waals surface area contributed by atoms with Crippen molar-refractivity contribution in [3.8, 4) is 16.9 Å². The van der Waals surface area contributed by atoms with Gasteiger partial charge in [-0.2, -0.15) is 23.0 Å². The van der Waals surface area contributed by atoms with Crippen molar-refractivity contribution in [1.29, 1.82) is 0 Å². The number of alkyl halides is 3. The van der Waals surface area contributed by atoms with Crippen molar-refractivity contribution in [2.75, 3.05) is 6.54 Å². The summed E-state index contributed by atoms with van der Waals surface area (Å²) < 4.78 is 52.0. The molecule has 0 spiro atoms. The van der Waals surface area contributed by atoms with E-state index >= 15 is 0 Å². The van der Waals surface area contributed by atoms with Gasteiger partial charge < -0.3 is 10.4 Å². The molecular weight excluding hydrogens is 477 g/mol. The molecule has 3 aromatic rings. The Morgan fingerprint density at radius 3 is 2.47 bits per heavy atom. The molecule has 0 aliphatic heterocycles. The summed E-state index contributed by atoms with van der Waals surface area (Å²) in [5.74, 6) is -1.87. The Labute approximate surface area is 188 Å². The molecule has 0 bridgehead atoms. The van der Waals surface area contributed by atoms with Gasteiger partial charge >= 0.3 is 6.18 Å². The second-order valence-corrected chi connectivity index (χ2v) is 7.35. The molecule has 2 N–H and O–H groups in total. The summed E-state index contributed by atoms with van der Waals surface area (Å²) >= 11 is 11.9. The molecule has 0 saturated heterocycles. The molecule has 1 aromatic heterocycles. The van der Waals surface area contributed by atoms with Crippen LogP contribution in [-0.2, 0) is 0 Å². The Morgan fingerprint density at radius 1 is 1.12 bits per heavy atom. The van der Waals surface area contributed by atoms with Crippen LogP contribution in [0, 0.1) is 5.82 Å². The van der Waals surface area contributed by atoms with Crippen molar-refractivity contribution in [1.82, 2.24) is 15.1 Å². The summed E-state index contributed by atoms with van der Waals surface area (Å²) in [7, 11) is 0. The number of amides is 1. The number of aliphatic hydroxyl groups excluding tert-OH is 1. The molecule has 3 rings (SSSR count). The Kier molecular flexibility index (Phi) is 6.87. The van der Waals surface area contributed by atoms with Gasteiger partial charge in [0.2, 0.25) is 0 Å². The van der Waals surface area contributed by atoms with Crippen LogP contribution in [0.3, 0.4) is 0 Å². The summed E-state index contributed by atoms with van der Waals surface area (Å²) in [6, 6.07) is 10.2. The smallest absolute Gasteiger partial charge is 0.382 e. The average Bonchev–Trinajstić information content (AvgIpc) is 2.73. The normalized spacial score (nSPS) is 12.5. The second-order valence-electron chi connectivity index (χ2n) is 6.54. The number of benzene rings is 2. The lowest BCUT2D eigenvalue weighted by Gasteiger charge is -2.15. The Balaban J connectivity index is 2.11. The molecule has 0 aliphatic rings. The van der Waals surface area contributed by atoms with Gasteiger partial charge in [-0.3, -0.25) is 9.59 Å². The van der Waals surface area contributed by atoms with Crippen LogP contribution in [0.2, 0.25) is 10.0 Å². The number of rotatable bonds is 5. The Hall–Kier alpha value is -2.95. The lowest BCUT2D eigenvalue weighted by Crippen LogP contribution is -2.42. The van der Waals surface area contributed by atoms with Crippen molar-refractivity contribution < 1.29 is 27.5 Å². The van der Waals surface area contributed by atoms with Crippen LogP contribution in [0.5, 0.6) is 0 Å². The molecule has 2 aromatic carbocycles. The number of nitrogens with zero attached hydrogens (tertiary/aromatic N) is 2. The quantitative estimate of drug-likeness (QED) is 0.530. The van der Waals surface area contributed by atoms with E-state index in [1.807, 2.05) is 5.32 Å². The highest BCUT2D eigenvalue weighted by atomic mass is 35.5. The summed E-state index contributed by atoms with van der Waals surface area (Å²) in [5.41, 5.74) is -1.26. The average molecular weight is 490 g/mol. The minimum absolute atomic E-state index is 0.0266. The van der Waals surface area contributed by atoms with E-state index in [1.54, 1.807) is 0 Å². The van der Waals surface area contributed by atoms with Crippen molar-refractivity contribution >= 4 is 29.1 Å². The first-order valence-electron chi connectivity index (χ1n) is 8.86. The predicted octanol–water partition coefficient (Wildman–Crippen LogP) is 4.00. The number of halogens is 6. The van der Waals surface area contributed by atoms with Gasteiger partial charge in [0.1, 0.15) is 11.4 Å². The maximum absolute atomic E-state index is 13.7. The van der Waals surface area contributed by atoms with E-state index in [0.29, 0.717) is 5.56 Å². The third kappa shape index (κ3) is 5.26. The minimum Gasteiger partial charge on any atom is -0.382 e. The largest absolute Gasteiger partial charge is 0.416 e. The zero-order valence-corrected chi connectivity index (χ0v) is 17.3. The number of aromatic nitrogens is 2. The van der Waals surface area contributed by atoms with Crippen LogP contribution >= 0.6 is 23.2 Å². The maximum atomic E-state index is 13.7. The van der Waals surface area contributed by atoms with Crippen LogP contribution in [0.15, 0.2) is 53.3 Å². The first-order chi connectivity index (χ1) is 15.0. The highest BCUT2D eigenvalue weighted by Crippen LogP contribution is 2.28. The Morgan fingerprint density at radius 2 is 1.84 bits per heavy atom. The number of hydrogen-bond acceptors (Lipinski definition) is 4. The molecule has 168 valence electrons. The molecule has 6 nitrogen and oxygen atoms in total. The van der Waals surface area contributed by atoms with Gasteiger partial charge in [0.05, 0.1) is 28.0 Å². The van der Waals surface area contributed by atoms with Crippen molar-refractivity contribution in [3.05, 3.63) is 80.3 Å². The van der Waals surface area contributed by atoms with E-state index in [1.165, 1.54) is 30.3 Å². The first kappa shape index (κ1) is 23.7. The van der Waals surface area contributed by atoms with Gasteiger partial charge in [-0.25, -0.2) is 4.39 Å². The van der Waals surface area contributed by atoms with Gasteiger partial charge in [0.15, 0.2) is 6.10 Å². The third-order valence-electron chi connectivity index (χ3n) is 4.26. The maximum Gasteiger partial charge on any atom is 0.416 e. The van der Waals surface area contributed by atoms with E-state index in [9.17, 15) is 27.2 Å². The number of carbonyl (C=O) groups is 1. The fraction of sp³-hybridized carbons (Fsp3) is 0.150. The minimum atomic E-state index is -4.96. The zero-order valence-electron chi connectivity index (χ0n) is 15.8. The van der Waals surface area contributed by atoms with E-state index in [4.69, 9.17) is 28.3 Å². The van der Waals surface area contributed by atoms with Crippen molar-refractivity contribution in [2.24, 2.45) is 0 Å². The van der Waals surface area contributed by atoms with Crippen LogP contribution in [0.25, 0.3) is 16.9 Å². The molecule has 0 aliphatic carbocycles. The second kappa shape index (κ2) is 9.27.